The van der Waals surface area contributed by atoms with Crippen LogP contribution in [0.2, 0.25) is 0 Å². The van der Waals surface area contributed by atoms with Crippen LogP contribution in [0.1, 0.15) is 5.56 Å². The van der Waals surface area contributed by atoms with Crippen LogP contribution in [0.3, 0.4) is 0 Å². The predicted octanol–water partition coefficient (Wildman–Crippen LogP) is 0.0489. The molecule has 0 fully saturated rings. The summed E-state index contributed by atoms with van der Waals surface area (Å²) < 4.78 is 4.49. The molecule has 4 nitrogen and oxygen atoms in total. The number of phenolic OH excluding ortho intramolecular Hbond substituents is 1. The molecule has 0 saturated heterocycles. The van der Waals surface area contributed by atoms with Gasteiger partial charge in [0, 0.05) is 0 Å². The fourth-order valence-corrected chi connectivity index (χ4v) is 0.841. The quantitative estimate of drug-likeness (QED) is 0.545. The van der Waals surface area contributed by atoms with Gasteiger partial charge in [-0.1, -0.05) is 12.1 Å². The zero-order valence-corrected chi connectivity index (χ0v) is 6.56. The Kier molecular flexibility index (Phi) is 2.57. The van der Waals surface area contributed by atoms with E-state index in [2.05, 4.69) is 4.65 Å². The monoisotopic (exact) mass is 168 g/mol. The second-order valence-corrected chi connectivity index (χ2v) is 2.37. The molecule has 1 rings (SSSR count). The molecule has 0 aliphatic carbocycles. The summed E-state index contributed by atoms with van der Waals surface area (Å²) in [5, 5.41) is 26.2. The van der Waals surface area contributed by atoms with E-state index in [1.54, 1.807) is 19.1 Å². The molecular weight excluding hydrogens is 159 g/mol. The number of aromatic hydroxyl groups is 1. The van der Waals surface area contributed by atoms with E-state index in [-0.39, 0.29) is 11.5 Å². The summed E-state index contributed by atoms with van der Waals surface area (Å²) in [6.45, 7) is 1.69. The first kappa shape index (κ1) is 8.90. The minimum atomic E-state index is -1.90. The van der Waals surface area contributed by atoms with Crippen LogP contribution in [0.15, 0.2) is 18.2 Å². The fraction of sp³-hybridized carbons (Fsp3) is 0.143. The van der Waals surface area contributed by atoms with E-state index in [9.17, 15) is 5.11 Å². The van der Waals surface area contributed by atoms with E-state index < -0.39 is 7.32 Å². The first-order valence-electron chi connectivity index (χ1n) is 3.42. The largest absolute Gasteiger partial charge is 0.707 e. The van der Waals surface area contributed by atoms with Crippen molar-refractivity contribution >= 4 is 7.32 Å². The van der Waals surface area contributed by atoms with Crippen LogP contribution in [-0.4, -0.2) is 22.5 Å². The van der Waals surface area contributed by atoms with Crippen molar-refractivity contribution in [1.29, 1.82) is 0 Å². The van der Waals surface area contributed by atoms with E-state index >= 15 is 0 Å². The third kappa shape index (κ3) is 1.90. The molecule has 0 aliphatic rings. The average Bonchev–Trinajstić information content (AvgIpc) is 1.98. The minimum Gasteiger partial charge on any atom is -0.509 e. The first-order valence-corrected chi connectivity index (χ1v) is 3.42. The molecule has 0 aromatic heterocycles. The molecule has 0 unspecified atom stereocenters. The molecule has 0 radical (unpaired) electrons. The van der Waals surface area contributed by atoms with Gasteiger partial charge >= 0.3 is 7.32 Å². The normalized spacial score (nSPS) is 9.58. The number of rotatable bonds is 2. The van der Waals surface area contributed by atoms with Crippen LogP contribution in [0.25, 0.3) is 0 Å². The lowest BCUT2D eigenvalue weighted by atomic mass is 10.2. The van der Waals surface area contributed by atoms with Crippen molar-refractivity contribution in [1.82, 2.24) is 0 Å². The van der Waals surface area contributed by atoms with Crippen molar-refractivity contribution in [2.24, 2.45) is 0 Å². The zero-order chi connectivity index (χ0) is 9.14. The molecule has 1 aromatic rings. The second-order valence-electron chi connectivity index (χ2n) is 2.37. The van der Waals surface area contributed by atoms with E-state index in [1.165, 1.54) is 6.07 Å². The third-order valence-electron chi connectivity index (χ3n) is 1.43. The Balaban J connectivity index is 2.92. The molecule has 0 aliphatic heterocycles. The van der Waals surface area contributed by atoms with Crippen molar-refractivity contribution in [3.63, 3.8) is 0 Å². The molecule has 12 heavy (non-hydrogen) atoms. The van der Waals surface area contributed by atoms with Crippen LogP contribution in [0.5, 0.6) is 11.5 Å². The van der Waals surface area contributed by atoms with Gasteiger partial charge in [0.2, 0.25) is 0 Å². The Morgan fingerprint density at radius 3 is 2.58 bits per heavy atom. The Bertz CT molecular complexity index is 274. The number of benzene rings is 1. The highest BCUT2D eigenvalue weighted by atomic mass is 16.6. The number of aryl methyl sites for hydroxylation is 1. The smallest absolute Gasteiger partial charge is 0.509 e. The van der Waals surface area contributed by atoms with E-state index in [0.717, 1.165) is 0 Å². The summed E-state index contributed by atoms with van der Waals surface area (Å²) in [7, 11) is -1.90. The van der Waals surface area contributed by atoms with Gasteiger partial charge in [0.05, 0.1) is 0 Å². The SMILES string of the molecule is Cc1cccc(OB(O)O)c1O. The van der Waals surface area contributed by atoms with Crippen LogP contribution < -0.4 is 4.65 Å². The van der Waals surface area contributed by atoms with Gasteiger partial charge < -0.3 is 19.8 Å². The molecule has 3 N–H and O–H groups in total. The Morgan fingerprint density at radius 1 is 1.33 bits per heavy atom. The zero-order valence-electron chi connectivity index (χ0n) is 6.56. The molecule has 64 valence electrons. The first-order chi connectivity index (χ1) is 5.61. The fourth-order valence-electron chi connectivity index (χ4n) is 0.841. The molecular formula is C7H9BO4. The summed E-state index contributed by atoms with van der Waals surface area (Å²) >= 11 is 0. The molecule has 0 amide bonds. The van der Waals surface area contributed by atoms with Gasteiger partial charge in [-0.3, -0.25) is 0 Å². The van der Waals surface area contributed by atoms with Crippen molar-refractivity contribution in [3.05, 3.63) is 23.8 Å². The summed E-state index contributed by atoms with van der Waals surface area (Å²) in [5.74, 6) is -0.0180. The second kappa shape index (κ2) is 3.47. The molecule has 0 atom stereocenters. The highest BCUT2D eigenvalue weighted by molar-refractivity contribution is 6.33. The molecule has 0 saturated carbocycles. The lowest BCUT2D eigenvalue weighted by Gasteiger charge is -2.07. The van der Waals surface area contributed by atoms with Gasteiger partial charge in [-0.05, 0) is 18.6 Å². The van der Waals surface area contributed by atoms with Crippen LogP contribution >= 0.6 is 0 Å². The van der Waals surface area contributed by atoms with Crippen LogP contribution in [-0.2, 0) is 0 Å². The van der Waals surface area contributed by atoms with E-state index in [0.29, 0.717) is 5.56 Å². The maximum absolute atomic E-state index is 9.30. The number of hydrogen-bond acceptors (Lipinski definition) is 4. The van der Waals surface area contributed by atoms with Gasteiger partial charge in [-0.15, -0.1) is 0 Å². The Morgan fingerprint density at radius 2 is 2.00 bits per heavy atom. The lowest BCUT2D eigenvalue weighted by Crippen LogP contribution is -2.20. The Labute approximate surface area is 70.2 Å². The lowest BCUT2D eigenvalue weighted by molar-refractivity contribution is 0.281. The minimum absolute atomic E-state index is 0.0602. The highest BCUT2D eigenvalue weighted by Crippen LogP contribution is 2.28. The molecule has 1 aromatic carbocycles. The third-order valence-corrected chi connectivity index (χ3v) is 1.43. The van der Waals surface area contributed by atoms with Crippen molar-refractivity contribution in [3.8, 4) is 11.5 Å². The van der Waals surface area contributed by atoms with Gasteiger partial charge in [0.15, 0.2) is 5.75 Å². The number of para-hydroxylation sites is 1. The molecule has 0 heterocycles. The topological polar surface area (TPSA) is 69.9 Å². The maximum Gasteiger partial charge on any atom is 0.707 e. The van der Waals surface area contributed by atoms with Crippen molar-refractivity contribution in [2.45, 2.75) is 6.92 Å². The van der Waals surface area contributed by atoms with Crippen LogP contribution in [0.4, 0.5) is 0 Å². The van der Waals surface area contributed by atoms with Crippen molar-refractivity contribution < 1.29 is 19.8 Å². The Hall–Kier alpha value is -1.20. The van der Waals surface area contributed by atoms with E-state index in [1.807, 2.05) is 0 Å². The predicted molar refractivity (Wildman–Crippen MR) is 43.7 cm³/mol. The summed E-state index contributed by atoms with van der Waals surface area (Å²) in [6.07, 6.45) is 0. The molecule has 0 bridgehead atoms. The average molecular weight is 168 g/mol. The van der Waals surface area contributed by atoms with E-state index in [4.69, 9.17) is 10.0 Å². The standard InChI is InChI=1S/C7H9BO4/c1-5-3-2-4-6(7(5)9)12-8(10)11/h2-4,9-11H,1H3. The summed E-state index contributed by atoms with van der Waals surface area (Å²) in [5.41, 5.74) is 0.619. The van der Waals surface area contributed by atoms with Gasteiger partial charge in [-0.2, -0.15) is 0 Å². The van der Waals surface area contributed by atoms with Gasteiger partial charge in [-0.25, -0.2) is 0 Å². The summed E-state index contributed by atoms with van der Waals surface area (Å²) in [4.78, 5) is 0. The van der Waals surface area contributed by atoms with Gasteiger partial charge in [0.25, 0.3) is 0 Å². The number of phenols is 1. The summed E-state index contributed by atoms with van der Waals surface area (Å²) in [6, 6.07) is 4.78. The van der Waals surface area contributed by atoms with Crippen molar-refractivity contribution in [2.75, 3.05) is 0 Å². The van der Waals surface area contributed by atoms with Crippen LogP contribution in [0, 0.1) is 6.92 Å². The number of hydrogen-bond donors (Lipinski definition) is 3. The maximum atomic E-state index is 9.30. The molecule has 5 heteroatoms. The van der Waals surface area contributed by atoms with Gasteiger partial charge in [0.1, 0.15) is 5.75 Å². The molecule has 0 spiro atoms. The highest BCUT2D eigenvalue weighted by Gasteiger charge is 2.14.